The zero-order valence-corrected chi connectivity index (χ0v) is 15.1. The first-order valence-electron chi connectivity index (χ1n) is 8.84. The van der Waals surface area contributed by atoms with Crippen molar-refractivity contribution >= 4 is 5.97 Å². The average molecular weight is 373 g/mol. The highest BCUT2D eigenvalue weighted by molar-refractivity contribution is 5.76. The Balaban J connectivity index is 2.12. The van der Waals surface area contributed by atoms with Crippen molar-refractivity contribution in [2.24, 2.45) is 11.3 Å². The van der Waals surface area contributed by atoms with Gasteiger partial charge in [-0.2, -0.15) is 13.2 Å². The van der Waals surface area contributed by atoms with Crippen molar-refractivity contribution in [3.8, 4) is 0 Å². The van der Waals surface area contributed by atoms with Crippen molar-refractivity contribution in [3.63, 3.8) is 0 Å². The minimum Gasteiger partial charge on any atom is -0.481 e. The van der Waals surface area contributed by atoms with E-state index in [1.807, 2.05) is 18.7 Å². The normalized spacial score (nSPS) is 24.8. The number of nitrogens with zero attached hydrogens (tertiary/aromatic N) is 1. The van der Waals surface area contributed by atoms with E-state index in [9.17, 15) is 28.2 Å². The Labute approximate surface area is 151 Å². The molecule has 0 saturated carbocycles. The molecule has 0 amide bonds. The van der Waals surface area contributed by atoms with Gasteiger partial charge in [0.2, 0.25) is 0 Å². The molecule has 2 atom stereocenters. The van der Waals surface area contributed by atoms with Crippen molar-refractivity contribution < 1.29 is 28.2 Å². The summed E-state index contributed by atoms with van der Waals surface area (Å²) in [4.78, 5) is 13.8. The first-order chi connectivity index (χ1) is 12.0. The second-order valence-corrected chi connectivity index (χ2v) is 7.60. The lowest BCUT2D eigenvalue weighted by atomic mass is 9.72. The van der Waals surface area contributed by atoms with Gasteiger partial charge in [-0.1, -0.05) is 26.0 Å². The molecule has 0 unspecified atom stereocenters. The van der Waals surface area contributed by atoms with Crippen molar-refractivity contribution in [1.29, 1.82) is 0 Å². The van der Waals surface area contributed by atoms with Crippen LogP contribution < -0.4 is 0 Å². The van der Waals surface area contributed by atoms with E-state index in [0.717, 1.165) is 12.1 Å². The molecular formula is C19H26F3NO3. The molecule has 146 valence electrons. The quantitative estimate of drug-likeness (QED) is 0.797. The number of likely N-dealkylation sites (tertiary alicyclic amines) is 1. The van der Waals surface area contributed by atoms with Crippen molar-refractivity contribution in [1.82, 2.24) is 4.90 Å². The van der Waals surface area contributed by atoms with E-state index in [0.29, 0.717) is 43.8 Å². The maximum absolute atomic E-state index is 12.7. The summed E-state index contributed by atoms with van der Waals surface area (Å²) in [5.41, 5.74) is -1.24. The highest BCUT2D eigenvalue weighted by Gasteiger charge is 2.48. The maximum atomic E-state index is 12.7. The topological polar surface area (TPSA) is 60.8 Å². The Bertz CT molecular complexity index is 615. The van der Waals surface area contributed by atoms with Gasteiger partial charge in [-0.05, 0) is 42.9 Å². The van der Waals surface area contributed by atoms with E-state index in [-0.39, 0.29) is 6.54 Å². The molecule has 1 saturated heterocycles. The van der Waals surface area contributed by atoms with Crippen molar-refractivity contribution in [2.45, 2.75) is 51.9 Å². The number of piperidine rings is 1. The van der Waals surface area contributed by atoms with E-state index in [4.69, 9.17) is 0 Å². The average Bonchev–Trinajstić information content (AvgIpc) is 2.54. The molecule has 7 heteroatoms. The van der Waals surface area contributed by atoms with Gasteiger partial charge in [0, 0.05) is 19.6 Å². The van der Waals surface area contributed by atoms with Crippen molar-refractivity contribution in [2.75, 3.05) is 13.1 Å². The standard InChI is InChI=1S/C19H26F3NO3/c1-13(2)7-9-18(17(25)26)12-23(10-8-16(18)24)11-14-3-5-15(6-4-14)19(20,21)22/h3-6,13,16,24H,7-12H2,1-2H3,(H,25,26)/t16-,18-/m1/s1. The Morgan fingerprint density at radius 1 is 1.31 bits per heavy atom. The number of aliphatic hydroxyl groups is 1. The predicted molar refractivity (Wildman–Crippen MR) is 91.5 cm³/mol. The molecule has 0 aromatic heterocycles. The molecule has 4 nitrogen and oxygen atoms in total. The fraction of sp³-hybridized carbons (Fsp3) is 0.632. The van der Waals surface area contributed by atoms with Gasteiger partial charge in [-0.25, -0.2) is 0 Å². The summed E-state index contributed by atoms with van der Waals surface area (Å²) in [6.07, 6.45) is -3.88. The SMILES string of the molecule is CC(C)CC[C@@]1(C(=O)O)CN(Cc2ccc(C(F)(F)F)cc2)CC[C@H]1O. The number of alkyl halides is 3. The number of hydrogen-bond acceptors (Lipinski definition) is 3. The monoisotopic (exact) mass is 373 g/mol. The van der Waals surface area contributed by atoms with Crippen LogP contribution in [-0.4, -0.2) is 40.3 Å². The predicted octanol–water partition coefficient (Wildman–Crippen LogP) is 3.78. The fourth-order valence-electron chi connectivity index (χ4n) is 3.47. The van der Waals surface area contributed by atoms with E-state index in [1.165, 1.54) is 12.1 Å². The zero-order chi connectivity index (χ0) is 19.5. The van der Waals surface area contributed by atoms with Gasteiger partial charge >= 0.3 is 12.1 Å². The van der Waals surface area contributed by atoms with Crippen LogP contribution in [0.4, 0.5) is 13.2 Å². The second-order valence-electron chi connectivity index (χ2n) is 7.60. The van der Waals surface area contributed by atoms with Crippen LogP contribution in [0.1, 0.15) is 44.2 Å². The molecule has 1 heterocycles. The Morgan fingerprint density at radius 3 is 2.42 bits per heavy atom. The largest absolute Gasteiger partial charge is 0.481 e. The van der Waals surface area contributed by atoms with Gasteiger partial charge in [-0.3, -0.25) is 9.69 Å². The van der Waals surface area contributed by atoms with Gasteiger partial charge < -0.3 is 10.2 Å². The summed E-state index contributed by atoms with van der Waals surface area (Å²) < 4.78 is 38.0. The van der Waals surface area contributed by atoms with Crippen LogP contribution in [-0.2, 0) is 17.5 Å². The molecule has 1 aromatic carbocycles. The third kappa shape index (κ3) is 4.76. The summed E-state index contributed by atoms with van der Waals surface area (Å²) >= 11 is 0. The summed E-state index contributed by atoms with van der Waals surface area (Å²) in [7, 11) is 0. The van der Waals surface area contributed by atoms with Gasteiger partial charge in [0.25, 0.3) is 0 Å². The lowest BCUT2D eigenvalue weighted by Crippen LogP contribution is -2.55. The zero-order valence-electron chi connectivity index (χ0n) is 15.1. The van der Waals surface area contributed by atoms with E-state index < -0.39 is 29.2 Å². The highest BCUT2D eigenvalue weighted by Crippen LogP contribution is 2.37. The molecule has 1 aromatic rings. The van der Waals surface area contributed by atoms with Gasteiger partial charge in [0.15, 0.2) is 0 Å². The minimum atomic E-state index is -4.37. The third-order valence-electron chi connectivity index (χ3n) is 5.14. The summed E-state index contributed by atoms with van der Waals surface area (Å²) in [6.45, 7) is 5.08. The van der Waals surface area contributed by atoms with Gasteiger partial charge in [-0.15, -0.1) is 0 Å². The Kier molecular flexibility index (Phi) is 6.34. The van der Waals surface area contributed by atoms with E-state index in [2.05, 4.69) is 0 Å². The van der Waals surface area contributed by atoms with Crippen LogP contribution in [0.15, 0.2) is 24.3 Å². The van der Waals surface area contributed by atoms with Crippen LogP contribution in [0, 0.1) is 11.3 Å². The molecular weight excluding hydrogens is 347 g/mol. The molecule has 1 aliphatic heterocycles. The first kappa shape index (κ1) is 20.7. The van der Waals surface area contributed by atoms with Crippen LogP contribution in [0.3, 0.4) is 0 Å². The van der Waals surface area contributed by atoms with Crippen LogP contribution in [0.5, 0.6) is 0 Å². The summed E-state index contributed by atoms with van der Waals surface area (Å²) in [5.74, 6) is -0.688. The fourth-order valence-corrected chi connectivity index (χ4v) is 3.47. The molecule has 0 aliphatic carbocycles. The number of carboxylic acids is 1. The molecule has 2 rings (SSSR count). The Hall–Kier alpha value is -1.60. The number of carboxylic acid groups (broad SMARTS) is 1. The lowest BCUT2D eigenvalue weighted by molar-refractivity contribution is -0.165. The van der Waals surface area contributed by atoms with E-state index in [1.54, 1.807) is 0 Å². The highest BCUT2D eigenvalue weighted by atomic mass is 19.4. The third-order valence-corrected chi connectivity index (χ3v) is 5.14. The molecule has 2 N–H and O–H groups in total. The Morgan fingerprint density at radius 2 is 1.92 bits per heavy atom. The second kappa shape index (κ2) is 7.96. The molecule has 0 radical (unpaired) electrons. The van der Waals surface area contributed by atoms with Crippen LogP contribution in [0.2, 0.25) is 0 Å². The number of hydrogen-bond donors (Lipinski definition) is 2. The van der Waals surface area contributed by atoms with Crippen LogP contribution >= 0.6 is 0 Å². The minimum absolute atomic E-state index is 0.192. The van der Waals surface area contributed by atoms with Crippen LogP contribution in [0.25, 0.3) is 0 Å². The molecule has 0 spiro atoms. The molecule has 0 bridgehead atoms. The number of rotatable bonds is 6. The smallest absolute Gasteiger partial charge is 0.416 e. The first-order valence-corrected chi connectivity index (χ1v) is 8.84. The number of aliphatic hydroxyl groups excluding tert-OH is 1. The maximum Gasteiger partial charge on any atom is 0.416 e. The number of halogens is 3. The van der Waals surface area contributed by atoms with Gasteiger partial charge in [0.1, 0.15) is 5.41 Å². The lowest BCUT2D eigenvalue weighted by Gasteiger charge is -2.43. The number of carbonyl (C=O) groups is 1. The molecule has 1 fully saturated rings. The molecule has 26 heavy (non-hydrogen) atoms. The van der Waals surface area contributed by atoms with Gasteiger partial charge in [0.05, 0.1) is 11.7 Å². The van der Waals surface area contributed by atoms with Crippen molar-refractivity contribution in [3.05, 3.63) is 35.4 Å². The number of benzene rings is 1. The summed E-state index contributed by atoms with van der Waals surface area (Å²) in [5, 5.41) is 20.2. The molecule has 1 aliphatic rings. The van der Waals surface area contributed by atoms with E-state index >= 15 is 0 Å². The number of aliphatic carboxylic acids is 1. The summed E-state index contributed by atoms with van der Waals surface area (Å²) in [6, 6.07) is 4.92.